The summed E-state index contributed by atoms with van der Waals surface area (Å²) in [6, 6.07) is 4.82. The Morgan fingerprint density at radius 1 is 1.38 bits per heavy atom. The van der Waals surface area contributed by atoms with E-state index in [0.29, 0.717) is 6.04 Å². The molecule has 0 saturated carbocycles. The molecule has 1 unspecified atom stereocenters. The first kappa shape index (κ1) is 13.5. The van der Waals surface area contributed by atoms with Crippen molar-refractivity contribution in [2.24, 2.45) is 0 Å². The molecule has 0 fully saturated rings. The monoisotopic (exact) mass is 238 g/mol. The smallest absolute Gasteiger partial charge is 0.0966 e. The van der Waals surface area contributed by atoms with Crippen LogP contribution in [0.5, 0.6) is 0 Å². The highest BCUT2D eigenvalue weighted by atomic mass is 32.2. The first-order chi connectivity index (χ1) is 7.61. The van der Waals surface area contributed by atoms with Crippen molar-refractivity contribution in [2.75, 3.05) is 12.3 Å². The lowest BCUT2D eigenvalue weighted by Gasteiger charge is -2.12. The minimum absolute atomic E-state index is 0.549. The van der Waals surface area contributed by atoms with Crippen molar-refractivity contribution < 1.29 is 0 Å². The van der Waals surface area contributed by atoms with Crippen LogP contribution in [0, 0.1) is 13.8 Å². The predicted octanol–water partition coefficient (Wildman–Crippen LogP) is 3.18. The number of aryl methyl sites for hydroxylation is 2. The lowest BCUT2D eigenvalue weighted by Crippen LogP contribution is -2.28. The maximum absolute atomic E-state index is 4.52. The average Bonchev–Trinajstić information content (AvgIpc) is 2.22. The lowest BCUT2D eigenvalue weighted by molar-refractivity contribution is 0.590. The summed E-state index contributed by atoms with van der Waals surface area (Å²) < 4.78 is 0. The van der Waals surface area contributed by atoms with E-state index in [0.717, 1.165) is 23.0 Å². The van der Waals surface area contributed by atoms with Crippen molar-refractivity contribution in [1.29, 1.82) is 0 Å². The van der Waals surface area contributed by atoms with Crippen LogP contribution < -0.4 is 5.32 Å². The summed E-state index contributed by atoms with van der Waals surface area (Å²) >= 11 is 1.83. The molecule has 0 spiro atoms. The van der Waals surface area contributed by atoms with Crippen LogP contribution >= 0.6 is 11.8 Å². The Morgan fingerprint density at radius 3 is 2.75 bits per heavy atom. The Kier molecular flexibility index (Phi) is 5.85. The number of rotatable bonds is 6. The van der Waals surface area contributed by atoms with E-state index in [1.54, 1.807) is 0 Å². The molecule has 1 aromatic heterocycles. The molecule has 0 aromatic carbocycles. The molecular weight excluding hydrogens is 216 g/mol. The first-order valence-corrected chi connectivity index (χ1v) is 6.92. The van der Waals surface area contributed by atoms with E-state index >= 15 is 0 Å². The van der Waals surface area contributed by atoms with E-state index < -0.39 is 0 Å². The molecule has 0 aliphatic heterocycles. The van der Waals surface area contributed by atoms with E-state index in [-0.39, 0.29) is 0 Å². The van der Waals surface area contributed by atoms with Gasteiger partial charge in [-0.05, 0) is 51.4 Å². The van der Waals surface area contributed by atoms with Gasteiger partial charge in [0.25, 0.3) is 0 Å². The van der Waals surface area contributed by atoms with Gasteiger partial charge in [-0.2, -0.15) is 0 Å². The van der Waals surface area contributed by atoms with Crippen molar-refractivity contribution in [3.8, 4) is 0 Å². The third-order valence-corrected chi connectivity index (χ3v) is 3.47. The summed E-state index contributed by atoms with van der Waals surface area (Å²) in [5.74, 6) is 1.08. The Balaban J connectivity index is 2.41. The van der Waals surface area contributed by atoms with Gasteiger partial charge in [0, 0.05) is 17.5 Å². The quantitative estimate of drug-likeness (QED) is 0.771. The molecule has 0 radical (unpaired) electrons. The number of hydrogen-bond donors (Lipinski definition) is 1. The number of pyridine rings is 1. The molecule has 0 bridgehead atoms. The summed E-state index contributed by atoms with van der Waals surface area (Å²) in [5, 5.41) is 4.62. The van der Waals surface area contributed by atoms with Crippen LogP contribution in [0.4, 0.5) is 0 Å². The number of nitrogens with zero attached hydrogens (tertiary/aromatic N) is 1. The van der Waals surface area contributed by atoms with Gasteiger partial charge in [-0.1, -0.05) is 6.92 Å². The molecule has 1 heterocycles. The third kappa shape index (κ3) is 4.99. The summed E-state index contributed by atoms with van der Waals surface area (Å²) in [7, 11) is 0. The van der Waals surface area contributed by atoms with Gasteiger partial charge in [-0.15, -0.1) is 11.8 Å². The fraction of sp³-hybridized carbons (Fsp3) is 0.615. The molecule has 0 aliphatic rings. The maximum atomic E-state index is 4.52. The van der Waals surface area contributed by atoms with E-state index in [2.05, 4.69) is 50.1 Å². The van der Waals surface area contributed by atoms with E-state index in [1.165, 1.54) is 12.0 Å². The van der Waals surface area contributed by atoms with Gasteiger partial charge in [0.15, 0.2) is 0 Å². The molecule has 1 aromatic rings. The zero-order valence-electron chi connectivity index (χ0n) is 10.7. The number of aromatic nitrogens is 1. The first-order valence-electron chi connectivity index (χ1n) is 5.93. The molecule has 90 valence electrons. The van der Waals surface area contributed by atoms with Crippen molar-refractivity contribution in [1.82, 2.24) is 10.3 Å². The summed E-state index contributed by atoms with van der Waals surface area (Å²) in [5.41, 5.74) is 2.40. The van der Waals surface area contributed by atoms with E-state index in [4.69, 9.17) is 0 Å². The molecule has 3 heteroatoms. The molecule has 1 N–H and O–H groups in total. The summed E-state index contributed by atoms with van der Waals surface area (Å²) in [4.78, 5) is 4.52. The van der Waals surface area contributed by atoms with Gasteiger partial charge in [-0.3, -0.25) is 0 Å². The van der Waals surface area contributed by atoms with E-state index in [1.807, 2.05) is 11.8 Å². The van der Waals surface area contributed by atoms with Gasteiger partial charge in [-0.25, -0.2) is 4.98 Å². The highest BCUT2D eigenvalue weighted by Gasteiger charge is 2.03. The summed E-state index contributed by atoms with van der Waals surface area (Å²) in [6.07, 6.45) is 1.19. The van der Waals surface area contributed by atoms with Crippen LogP contribution in [0.15, 0.2) is 17.2 Å². The van der Waals surface area contributed by atoms with Crippen molar-refractivity contribution in [3.05, 3.63) is 23.4 Å². The molecular formula is C13H22N2S. The molecule has 0 amide bonds. The highest BCUT2D eigenvalue weighted by Crippen LogP contribution is 2.18. The van der Waals surface area contributed by atoms with Gasteiger partial charge < -0.3 is 5.32 Å². The van der Waals surface area contributed by atoms with Crippen LogP contribution in [0.25, 0.3) is 0 Å². The van der Waals surface area contributed by atoms with Crippen LogP contribution in [-0.4, -0.2) is 23.3 Å². The predicted molar refractivity (Wildman–Crippen MR) is 72.2 cm³/mol. The zero-order chi connectivity index (χ0) is 12.0. The Labute approximate surface area is 103 Å². The fourth-order valence-electron chi connectivity index (χ4n) is 1.54. The third-order valence-electron chi connectivity index (χ3n) is 2.30. The van der Waals surface area contributed by atoms with Crippen molar-refractivity contribution in [2.45, 2.75) is 45.2 Å². The van der Waals surface area contributed by atoms with Gasteiger partial charge in [0.2, 0.25) is 0 Å². The number of nitrogens with one attached hydrogen (secondary N) is 1. The second-order valence-electron chi connectivity index (χ2n) is 4.29. The Hall–Kier alpha value is -0.540. The normalized spacial score (nSPS) is 12.8. The van der Waals surface area contributed by atoms with Gasteiger partial charge in [0.1, 0.15) is 0 Å². The van der Waals surface area contributed by atoms with Crippen LogP contribution in [0.2, 0.25) is 0 Å². The second-order valence-corrected chi connectivity index (χ2v) is 5.33. The number of thioether (sulfide) groups is 1. The topological polar surface area (TPSA) is 24.9 Å². The minimum atomic E-state index is 0.549. The van der Waals surface area contributed by atoms with Crippen molar-refractivity contribution in [3.63, 3.8) is 0 Å². The van der Waals surface area contributed by atoms with Gasteiger partial charge >= 0.3 is 0 Å². The highest BCUT2D eigenvalue weighted by molar-refractivity contribution is 7.99. The Morgan fingerprint density at radius 2 is 2.12 bits per heavy atom. The molecule has 2 nitrogen and oxygen atoms in total. The van der Waals surface area contributed by atoms with Gasteiger partial charge in [0.05, 0.1) is 5.03 Å². The SMILES string of the molecule is CCCNC(C)CSc1cc(C)cc(C)n1. The van der Waals surface area contributed by atoms with Crippen LogP contribution in [-0.2, 0) is 0 Å². The van der Waals surface area contributed by atoms with E-state index in [9.17, 15) is 0 Å². The van der Waals surface area contributed by atoms with Crippen LogP contribution in [0.3, 0.4) is 0 Å². The second kappa shape index (κ2) is 6.92. The lowest BCUT2D eigenvalue weighted by atomic mass is 10.3. The molecule has 16 heavy (non-hydrogen) atoms. The fourth-order valence-corrected chi connectivity index (χ4v) is 2.55. The zero-order valence-corrected chi connectivity index (χ0v) is 11.5. The molecule has 1 atom stereocenters. The van der Waals surface area contributed by atoms with Crippen molar-refractivity contribution >= 4 is 11.8 Å². The molecule has 1 rings (SSSR count). The molecule has 0 aliphatic carbocycles. The average molecular weight is 238 g/mol. The van der Waals surface area contributed by atoms with Crippen LogP contribution in [0.1, 0.15) is 31.5 Å². The maximum Gasteiger partial charge on any atom is 0.0966 e. The Bertz CT molecular complexity index is 305. The molecule has 0 saturated heterocycles. The largest absolute Gasteiger partial charge is 0.313 e. The number of hydrogen-bond acceptors (Lipinski definition) is 3. The standard InChI is InChI=1S/C13H22N2S/c1-5-6-14-12(4)9-16-13-8-10(2)7-11(3)15-13/h7-8,12,14H,5-6,9H2,1-4H3. The summed E-state index contributed by atoms with van der Waals surface area (Å²) in [6.45, 7) is 9.69. The minimum Gasteiger partial charge on any atom is -0.313 e.